The molecule has 2 N–H and O–H groups in total. The molecule has 0 radical (unpaired) electrons. The fourth-order valence-corrected chi connectivity index (χ4v) is 2.01. The van der Waals surface area contributed by atoms with Gasteiger partial charge in [-0.1, -0.05) is 6.07 Å². The van der Waals surface area contributed by atoms with Crippen molar-refractivity contribution < 1.29 is 9.13 Å². The molecule has 1 heterocycles. The zero-order chi connectivity index (χ0) is 14.5. The molecule has 1 aromatic carbocycles. The van der Waals surface area contributed by atoms with Crippen molar-refractivity contribution in [2.75, 3.05) is 0 Å². The van der Waals surface area contributed by atoms with Crippen molar-refractivity contribution >= 4 is 0 Å². The van der Waals surface area contributed by atoms with E-state index in [1.54, 1.807) is 6.20 Å². The molecule has 0 aliphatic carbocycles. The highest BCUT2D eigenvalue weighted by atomic mass is 19.1. The van der Waals surface area contributed by atoms with Crippen molar-refractivity contribution in [2.45, 2.75) is 32.9 Å². The standard InChI is InChI=1S/C16H19FN2O/c1-11-4-3-5-19-16(11)10-20-15-8-13(6-12(2)18)7-14(17)9-15/h3-5,7-9,12H,6,10,18H2,1-2H3. The number of hydrogen-bond donors (Lipinski definition) is 1. The van der Waals surface area contributed by atoms with E-state index in [1.807, 2.05) is 32.0 Å². The molecule has 1 atom stereocenters. The van der Waals surface area contributed by atoms with Gasteiger partial charge in [0.05, 0.1) is 5.69 Å². The van der Waals surface area contributed by atoms with Crippen molar-refractivity contribution in [3.63, 3.8) is 0 Å². The summed E-state index contributed by atoms with van der Waals surface area (Å²) >= 11 is 0. The third-order valence-electron chi connectivity index (χ3n) is 2.98. The maximum Gasteiger partial charge on any atom is 0.130 e. The molecule has 2 aromatic rings. The van der Waals surface area contributed by atoms with Gasteiger partial charge in [-0.25, -0.2) is 4.39 Å². The molecular formula is C16H19FN2O. The first-order valence-electron chi connectivity index (χ1n) is 6.63. The molecule has 0 amide bonds. The fraction of sp³-hybridized carbons (Fsp3) is 0.312. The molecule has 1 unspecified atom stereocenters. The van der Waals surface area contributed by atoms with Crippen molar-refractivity contribution in [2.24, 2.45) is 5.73 Å². The van der Waals surface area contributed by atoms with Crippen LogP contribution in [0.2, 0.25) is 0 Å². The minimum Gasteiger partial charge on any atom is -0.487 e. The number of aromatic nitrogens is 1. The number of aryl methyl sites for hydroxylation is 1. The monoisotopic (exact) mass is 274 g/mol. The minimum absolute atomic E-state index is 0.0114. The molecule has 20 heavy (non-hydrogen) atoms. The number of nitrogens with zero attached hydrogens (tertiary/aromatic N) is 1. The van der Waals surface area contributed by atoms with Gasteiger partial charge in [-0.15, -0.1) is 0 Å². The zero-order valence-corrected chi connectivity index (χ0v) is 11.8. The molecular weight excluding hydrogens is 255 g/mol. The summed E-state index contributed by atoms with van der Waals surface area (Å²) in [6.07, 6.45) is 2.34. The summed E-state index contributed by atoms with van der Waals surface area (Å²) in [5.74, 6) is 0.196. The Morgan fingerprint density at radius 3 is 2.85 bits per heavy atom. The van der Waals surface area contributed by atoms with Gasteiger partial charge in [-0.2, -0.15) is 0 Å². The predicted octanol–water partition coefficient (Wildman–Crippen LogP) is 3.00. The Kier molecular flexibility index (Phi) is 4.69. The van der Waals surface area contributed by atoms with E-state index in [-0.39, 0.29) is 11.9 Å². The lowest BCUT2D eigenvalue weighted by molar-refractivity contribution is 0.298. The third kappa shape index (κ3) is 4.03. The second kappa shape index (κ2) is 6.48. The van der Waals surface area contributed by atoms with Crippen LogP contribution in [-0.4, -0.2) is 11.0 Å². The maximum absolute atomic E-state index is 13.5. The fourth-order valence-electron chi connectivity index (χ4n) is 2.01. The van der Waals surface area contributed by atoms with Crippen LogP contribution in [-0.2, 0) is 13.0 Å². The number of ether oxygens (including phenoxy) is 1. The third-order valence-corrected chi connectivity index (χ3v) is 2.98. The Morgan fingerprint density at radius 2 is 2.15 bits per heavy atom. The lowest BCUT2D eigenvalue weighted by Crippen LogP contribution is -2.17. The van der Waals surface area contributed by atoms with Gasteiger partial charge in [0.2, 0.25) is 0 Å². The van der Waals surface area contributed by atoms with Crippen LogP contribution in [0.5, 0.6) is 5.75 Å². The quantitative estimate of drug-likeness (QED) is 0.911. The van der Waals surface area contributed by atoms with E-state index < -0.39 is 0 Å². The highest BCUT2D eigenvalue weighted by Gasteiger charge is 2.06. The molecule has 4 heteroatoms. The molecule has 2 rings (SSSR count). The van der Waals surface area contributed by atoms with Crippen LogP contribution in [0.4, 0.5) is 4.39 Å². The Hall–Kier alpha value is -1.94. The first kappa shape index (κ1) is 14.5. The number of pyridine rings is 1. The van der Waals surface area contributed by atoms with E-state index in [2.05, 4.69) is 4.98 Å². The summed E-state index contributed by atoms with van der Waals surface area (Å²) in [6, 6.07) is 8.53. The SMILES string of the molecule is Cc1cccnc1COc1cc(F)cc(CC(C)N)c1. The highest BCUT2D eigenvalue weighted by Crippen LogP contribution is 2.19. The van der Waals surface area contributed by atoms with Gasteiger partial charge < -0.3 is 10.5 Å². The second-order valence-corrected chi connectivity index (χ2v) is 5.03. The summed E-state index contributed by atoms with van der Waals surface area (Å²) < 4.78 is 19.2. The van der Waals surface area contributed by atoms with Crippen LogP contribution in [0.25, 0.3) is 0 Å². The molecule has 0 fully saturated rings. The van der Waals surface area contributed by atoms with Gasteiger partial charge in [0.1, 0.15) is 18.2 Å². The van der Waals surface area contributed by atoms with Crippen molar-refractivity contribution in [1.82, 2.24) is 4.98 Å². The summed E-state index contributed by atoms with van der Waals surface area (Å²) in [6.45, 7) is 4.19. The largest absolute Gasteiger partial charge is 0.487 e. The first-order valence-corrected chi connectivity index (χ1v) is 6.63. The summed E-state index contributed by atoms with van der Waals surface area (Å²) in [7, 11) is 0. The number of nitrogens with two attached hydrogens (primary N) is 1. The van der Waals surface area contributed by atoms with Crippen molar-refractivity contribution in [3.8, 4) is 5.75 Å². The second-order valence-electron chi connectivity index (χ2n) is 5.03. The lowest BCUT2D eigenvalue weighted by Gasteiger charge is -2.11. The van der Waals surface area contributed by atoms with Crippen molar-refractivity contribution in [1.29, 1.82) is 0 Å². The van der Waals surface area contributed by atoms with Gasteiger partial charge in [-0.05, 0) is 49.6 Å². The normalized spacial score (nSPS) is 12.2. The van der Waals surface area contributed by atoms with E-state index in [0.717, 1.165) is 16.8 Å². The van der Waals surface area contributed by atoms with Gasteiger partial charge in [0, 0.05) is 18.3 Å². The Bertz CT molecular complexity index is 584. The average Bonchev–Trinajstić information content (AvgIpc) is 2.36. The van der Waals surface area contributed by atoms with Gasteiger partial charge in [0.15, 0.2) is 0 Å². The summed E-state index contributed by atoms with van der Waals surface area (Å²) in [5, 5.41) is 0. The van der Waals surface area contributed by atoms with Crippen LogP contribution >= 0.6 is 0 Å². The molecule has 0 saturated heterocycles. The average molecular weight is 274 g/mol. The lowest BCUT2D eigenvalue weighted by atomic mass is 10.1. The van der Waals surface area contributed by atoms with E-state index in [1.165, 1.54) is 12.1 Å². The molecule has 0 aliphatic heterocycles. The first-order chi connectivity index (χ1) is 9.54. The number of hydrogen-bond acceptors (Lipinski definition) is 3. The predicted molar refractivity (Wildman–Crippen MR) is 77.1 cm³/mol. The van der Waals surface area contributed by atoms with Crippen LogP contribution in [0.3, 0.4) is 0 Å². The zero-order valence-electron chi connectivity index (χ0n) is 11.8. The number of rotatable bonds is 5. The molecule has 0 spiro atoms. The van der Waals surface area contributed by atoms with Crippen LogP contribution < -0.4 is 10.5 Å². The Balaban J connectivity index is 2.09. The maximum atomic E-state index is 13.5. The molecule has 0 bridgehead atoms. The van der Waals surface area contributed by atoms with Crippen LogP contribution in [0, 0.1) is 12.7 Å². The molecule has 0 saturated carbocycles. The van der Waals surface area contributed by atoms with Gasteiger partial charge >= 0.3 is 0 Å². The molecule has 0 aliphatic rings. The van der Waals surface area contributed by atoms with Crippen LogP contribution in [0.1, 0.15) is 23.7 Å². The van der Waals surface area contributed by atoms with Crippen molar-refractivity contribution in [3.05, 3.63) is 59.2 Å². The van der Waals surface area contributed by atoms with E-state index in [9.17, 15) is 4.39 Å². The number of benzene rings is 1. The van der Waals surface area contributed by atoms with Gasteiger partial charge in [-0.3, -0.25) is 4.98 Å². The smallest absolute Gasteiger partial charge is 0.130 e. The highest BCUT2D eigenvalue weighted by molar-refractivity contribution is 5.30. The summed E-state index contributed by atoms with van der Waals surface area (Å²) in [4.78, 5) is 4.25. The minimum atomic E-state index is -0.309. The molecule has 3 nitrogen and oxygen atoms in total. The van der Waals surface area contributed by atoms with Gasteiger partial charge in [0.25, 0.3) is 0 Å². The van der Waals surface area contributed by atoms with E-state index in [4.69, 9.17) is 10.5 Å². The molecule has 106 valence electrons. The summed E-state index contributed by atoms with van der Waals surface area (Å²) in [5.41, 5.74) is 8.48. The van der Waals surface area contributed by atoms with E-state index >= 15 is 0 Å². The van der Waals surface area contributed by atoms with Crippen LogP contribution in [0.15, 0.2) is 36.5 Å². The Morgan fingerprint density at radius 1 is 1.35 bits per heavy atom. The Labute approximate surface area is 118 Å². The van der Waals surface area contributed by atoms with E-state index in [0.29, 0.717) is 18.8 Å². The topological polar surface area (TPSA) is 48.1 Å². The number of halogens is 1. The molecule has 1 aromatic heterocycles.